The average molecular weight is 343 g/mol. The molecule has 1 unspecified atom stereocenters. The Morgan fingerprint density at radius 3 is 2.33 bits per heavy atom. The van der Waals surface area contributed by atoms with Crippen molar-refractivity contribution in [1.82, 2.24) is 5.32 Å². The van der Waals surface area contributed by atoms with Gasteiger partial charge < -0.3 is 10.6 Å². The van der Waals surface area contributed by atoms with Crippen LogP contribution in [0.3, 0.4) is 0 Å². The van der Waals surface area contributed by atoms with Gasteiger partial charge in [-0.3, -0.25) is 9.59 Å². The summed E-state index contributed by atoms with van der Waals surface area (Å²) < 4.78 is 0. The van der Waals surface area contributed by atoms with Crippen LogP contribution in [0, 0.1) is 5.92 Å². The lowest BCUT2D eigenvalue weighted by molar-refractivity contribution is -0.125. The Labute approximate surface area is 146 Å². The molecule has 1 fully saturated rings. The number of amides is 2. The van der Waals surface area contributed by atoms with Crippen LogP contribution in [0.1, 0.15) is 24.3 Å². The molecule has 0 bridgehead atoms. The number of nitrogens with one attached hydrogen (secondary N) is 2. The first-order chi connectivity index (χ1) is 11.6. The number of carbonyl (C=O) groups excluding carboxylic acids is 2. The average Bonchev–Trinajstić information content (AvgIpc) is 3.41. The van der Waals surface area contributed by atoms with Crippen molar-refractivity contribution in [3.8, 4) is 0 Å². The molecule has 2 aromatic carbocycles. The number of rotatable bonds is 6. The summed E-state index contributed by atoms with van der Waals surface area (Å²) >= 11 is 5.92. The zero-order valence-electron chi connectivity index (χ0n) is 13.2. The molecule has 0 spiro atoms. The molecule has 0 aromatic heterocycles. The van der Waals surface area contributed by atoms with Crippen molar-refractivity contribution in [2.45, 2.75) is 18.8 Å². The Kier molecular flexibility index (Phi) is 5.16. The molecular weight excluding hydrogens is 324 g/mol. The molecule has 2 N–H and O–H groups in total. The summed E-state index contributed by atoms with van der Waals surface area (Å²) in [6.07, 6.45) is 2.08. The van der Waals surface area contributed by atoms with Crippen LogP contribution in [0.5, 0.6) is 0 Å². The van der Waals surface area contributed by atoms with Crippen LogP contribution in [-0.4, -0.2) is 18.4 Å². The third kappa shape index (κ3) is 4.36. The van der Waals surface area contributed by atoms with Gasteiger partial charge in [0, 0.05) is 10.7 Å². The summed E-state index contributed by atoms with van der Waals surface area (Å²) in [5, 5.41) is 6.16. The second-order valence-corrected chi connectivity index (χ2v) is 6.44. The molecule has 1 saturated carbocycles. The molecular formula is C19H19ClN2O2. The lowest BCUT2D eigenvalue weighted by Gasteiger charge is -2.16. The fraction of sp³-hybridized carbons (Fsp3) is 0.263. The van der Waals surface area contributed by atoms with Crippen LogP contribution >= 0.6 is 11.6 Å². The summed E-state index contributed by atoms with van der Waals surface area (Å²) in [5.41, 5.74) is 1.66. The molecule has 4 nitrogen and oxygen atoms in total. The molecule has 5 heteroatoms. The van der Waals surface area contributed by atoms with E-state index < -0.39 is 0 Å². The largest absolute Gasteiger partial charge is 0.346 e. The maximum Gasteiger partial charge on any atom is 0.243 e. The number of carbonyl (C=O) groups is 2. The standard InChI is InChI=1S/C19H19ClN2O2/c20-15-10-8-14(9-11-15)18(13-6-7-13)19(24)21-12-17(23)22-16-4-2-1-3-5-16/h1-5,8-11,13,18H,6-7,12H2,(H,21,24)(H,22,23). The van der Waals surface area contributed by atoms with Gasteiger partial charge in [-0.05, 0) is 48.6 Å². The minimum Gasteiger partial charge on any atom is -0.346 e. The van der Waals surface area contributed by atoms with Crippen LogP contribution in [0.15, 0.2) is 54.6 Å². The van der Waals surface area contributed by atoms with Crippen molar-refractivity contribution in [3.05, 3.63) is 65.2 Å². The van der Waals surface area contributed by atoms with E-state index in [4.69, 9.17) is 11.6 Å². The van der Waals surface area contributed by atoms with Crippen molar-refractivity contribution in [1.29, 1.82) is 0 Å². The lowest BCUT2D eigenvalue weighted by atomic mass is 9.93. The van der Waals surface area contributed by atoms with E-state index in [2.05, 4.69) is 10.6 Å². The van der Waals surface area contributed by atoms with Crippen molar-refractivity contribution in [2.24, 2.45) is 5.92 Å². The Hall–Kier alpha value is -2.33. The van der Waals surface area contributed by atoms with Gasteiger partial charge in [0.15, 0.2) is 0 Å². The molecule has 1 atom stereocenters. The number of benzene rings is 2. The molecule has 0 saturated heterocycles. The van der Waals surface area contributed by atoms with E-state index in [9.17, 15) is 9.59 Å². The Morgan fingerprint density at radius 1 is 1.04 bits per heavy atom. The van der Waals surface area contributed by atoms with E-state index in [1.807, 2.05) is 30.3 Å². The first-order valence-corrected chi connectivity index (χ1v) is 8.39. The molecule has 0 heterocycles. The zero-order valence-corrected chi connectivity index (χ0v) is 13.9. The number of anilines is 1. The number of halogens is 1. The van der Waals surface area contributed by atoms with Crippen LogP contribution in [0.4, 0.5) is 5.69 Å². The fourth-order valence-electron chi connectivity index (χ4n) is 2.74. The van der Waals surface area contributed by atoms with E-state index in [0.717, 1.165) is 18.4 Å². The highest BCUT2D eigenvalue weighted by Crippen LogP contribution is 2.42. The van der Waals surface area contributed by atoms with Crippen LogP contribution < -0.4 is 10.6 Å². The van der Waals surface area contributed by atoms with E-state index in [1.165, 1.54) is 0 Å². The summed E-state index contributed by atoms with van der Waals surface area (Å²) in [6, 6.07) is 16.5. The molecule has 2 amide bonds. The predicted octanol–water partition coefficient (Wildman–Crippen LogP) is 3.59. The van der Waals surface area contributed by atoms with E-state index >= 15 is 0 Å². The maximum atomic E-state index is 12.5. The number of para-hydroxylation sites is 1. The highest BCUT2D eigenvalue weighted by Gasteiger charge is 2.37. The highest BCUT2D eigenvalue weighted by molar-refractivity contribution is 6.30. The molecule has 1 aliphatic carbocycles. The molecule has 1 aliphatic rings. The van der Waals surface area contributed by atoms with Crippen molar-refractivity contribution < 1.29 is 9.59 Å². The van der Waals surface area contributed by atoms with Crippen LogP contribution in [0.2, 0.25) is 5.02 Å². The maximum absolute atomic E-state index is 12.5. The Morgan fingerprint density at radius 2 is 1.71 bits per heavy atom. The second-order valence-electron chi connectivity index (χ2n) is 6.00. The molecule has 0 radical (unpaired) electrons. The summed E-state index contributed by atoms with van der Waals surface area (Å²) in [6.45, 7) is -0.0372. The van der Waals surface area contributed by atoms with Crippen LogP contribution in [0.25, 0.3) is 0 Å². The van der Waals surface area contributed by atoms with E-state index in [0.29, 0.717) is 16.6 Å². The molecule has 0 aliphatic heterocycles. The molecule has 2 aromatic rings. The van der Waals surface area contributed by atoms with Crippen molar-refractivity contribution >= 4 is 29.1 Å². The Balaban J connectivity index is 1.58. The van der Waals surface area contributed by atoms with E-state index in [-0.39, 0.29) is 24.3 Å². The lowest BCUT2D eigenvalue weighted by Crippen LogP contribution is -2.36. The zero-order chi connectivity index (χ0) is 16.9. The van der Waals surface area contributed by atoms with Gasteiger partial charge in [0.2, 0.25) is 11.8 Å². The first kappa shape index (κ1) is 16.5. The first-order valence-electron chi connectivity index (χ1n) is 8.01. The summed E-state index contributed by atoms with van der Waals surface area (Å²) in [4.78, 5) is 24.5. The second kappa shape index (κ2) is 7.49. The summed E-state index contributed by atoms with van der Waals surface area (Å²) in [5.74, 6) is -0.210. The third-order valence-electron chi connectivity index (χ3n) is 4.09. The predicted molar refractivity (Wildman–Crippen MR) is 95.0 cm³/mol. The van der Waals surface area contributed by atoms with Gasteiger partial charge in [-0.25, -0.2) is 0 Å². The number of hydrogen-bond donors (Lipinski definition) is 2. The molecule has 3 rings (SSSR count). The monoisotopic (exact) mass is 342 g/mol. The normalized spacial score (nSPS) is 14.7. The highest BCUT2D eigenvalue weighted by atomic mass is 35.5. The molecule has 124 valence electrons. The minimum absolute atomic E-state index is 0.0372. The van der Waals surface area contributed by atoms with Crippen molar-refractivity contribution in [2.75, 3.05) is 11.9 Å². The van der Waals surface area contributed by atoms with Gasteiger partial charge in [0.05, 0.1) is 12.5 Å². The van der Waals surface area contributed by atoms with Gasteiger partial charge in [-0.2, -0.15) is 0 Å². The fourth-order valence-corrected chi connectivity index (χ4v) is 2.87. The quantitative estimate of drug-likeness (QED) is 0.842. The SMILES string of the molecule is O=C(CNC(=O)C(c1ccc(Cl)cc1)C1CC1)Nc1ccccc1. The van der Waals surface area contributed by atoms with Crippen molar-refractivity contribution in [3.63, 3.8) is 0 Å². The summed E-state index contributed by atoms with van der Waals surface area (Å²) in [7, 11) is 0. The minimum atomic E-state index is -0.236. The van der Waals surface area contributed by atoms with Gasteiger partial charge in [-0.15, -0.1) is 0 Å². The smallest absolute Gasteiger partial charge is 0.243 e. The third-order valence-corrected chi connectivity index (χ3v) is 4.34. The van der Waals surface area contributed by atoms with Crippen LogP contribution in [-0.2, 0) is 9.59 Å². The van der Waals surface area contributed by atoms with E-state index in [1.54, 1.807) is 24.3 Å². The molecule has 24 heavy (non-hydrogen) atoms. The topological polar surface area (TPSA) is 58.2 Å². The van der Waals surface area contributed by atoms with Gasteiger partial charge in [0.1, 0.15) is 0 Å². The number of hydrogen-bond acceptors (Lipinski definition) is 2. The van der Waals surface area contributed by atoms with Gasteiger partial charge in [0.25, 0.3) is 0 Å². The van der Waals surface area contributed by atoms with Gasteiger partial charge >= 0.3 is 0 Å². The Bertz CT molecular complexity index is 712. The van der Waals surface area contributed by atoms with Gasteiger partial charge in [-0.1, -0.05) is 41.9 Å².